The van der Waals surface area contributed by atoms with E-state index in [1.54, 1.807) is 26.0 Å². The van der Waals surface area contributed by atoms with Crippen LogP contribution in [-0.2, 0) is 9.59 Å². The summed E-state index contributed by atoms with van der Waals surface area (Å²) in [4.78, 5) is 51.0. The van der Waals surface area contributed by atoms with Gasteiger partial charge in [-0.3, -0.25) is 9.59 Å². The first-order chi connectivity index (χ1) is 13.7. The number of carbonyl (C=O) groups excluding carboxylic acids is 1. The Morgan fingerprint density at radius 3 is 2.34 bits per heavy atom. The largest absolute Gasteiger partial charge is 0.546 e. The molecule has 1 fully saturated rings. The number of aliphatic carboxylic acids is 1. The maximum Gasteiger partial charge on any atom is 0.546 e. The second-order valence-corrected chi connectivity index (χ2v) is 6.90. The number of fused-ring (bicyclic) bond motifs is 1. The summed E-state index contributed by atoms with van der Waals surface area (Å²) in [5.74, 6) is -1.36. The lowest BCUT2D eigenvalue weighted by Gasteiger charge is -2.53. The van der Waals surface area contributed by atoms with E-state index in [9.17, 15) is 29.4 Å². The number of carboxylic acid groups (broad SMARTS) is 3. The van der Waals surface area contributed by atoms with Gasteiger partial charge in [-0.2, -0.15) is 9.69 Å². The molecule has 4 aliphatic rings. The molecule has 0 aliphatic carbocycles. The van der Waals surface area contributed by atoms with Crippen LogP contribution in [0.15, 0.2) is 36.4 Å². The molecule has 0 aromatic carbocycles. The Morgan fingerprint density at radius 1 is 1.14 bits per heavy atom. The lowest BCUT2D eigenvalue weighted by molar-refractivity contribution is -0.959. The molecular formula is C18H23N4O7+. The van der Waals surface area contributed by atoms with Crippen molar-refractivity contribution in [3.05, 3.63) is 36.4 Å². The van der Waals surface area contributed by atoms with Gasteiger partial charge in [-0.15, -0.1) is 5.01 Å². The summed E-state index contributed by atoms with van der Waals surface area (Å²) in [5.41, 5.74) is -1.65. The molecule has 11 nitrogen and oxygen atoms in total. The average molecular weight is 407 g/mol. The number of rotatable bonds is 7. The summed E-state index contributed by atoms with van der Waals surface area (Å²) in [6.07, 6.45) is 3.86. The normalized spacial score (nSPS) is 29.5. The summed E-state index contributed by atoms with van der Waals surface area (Å²) < 4.78 is -0.869. The lowest BCUT2D eigenvalue weighted by atomic mass is 9.95. The van der Waals surface area contributed by atoms with Crippen molar-refractivity contribution in [1.82, 2.24) is 14.8 Å². The van der Waals surface area contributed by atoms with E-state index in [-0.39, 0.29) is 37.4 Å². The fourth-order valence-corrected chi connectivity index (χ4v) is 4.33. The highest BCUT2D eigenvalue weighted by Gasteiger charge is 2.76. The van der Waals surface area contributed by atoms with Gasteiger partial charge in [0.05, 0.1) is 6.42 Å². The highest BCUT2D eigenvalue weighted by molar-refractivity contribution is 5.91. The Kier molecular flexibility index (Phi) is 4.87. The Morgan fingerprint density at radius 2 is 1.83 bits per heavy atom. The van der Waals surface area contributed by atoms with Gasteiger partial charge >= 0.3 is 18.2 Å². The fourth-order valence-electron chi connectivity index (χ4n) is 4.33. The van der Waals surface area contributed by atoms with Crippen LogP contribution in [0.4, 0.5) is 9.59 Å². The SMILES string of the molecule is CCC(=O)C1(N2C3=C[N+]2(C(=O)O)C(CC)N3C(=O)O)C=CC=CN1CCC(=O)O. The van der Waals surface area contributed by atoms with Crippen molar-refractivity contribution in [2.45, 2.75) is 44.9 Å². The van der Waals surface area contributed by atoms with Gasteiger partial charge in [0, 0.05) is 25.6 Å². The molecule has 29 heavy (non-hydrogen) atoms. The summed E-state index contributed by atoms with van der Waals surface area (Å²) in [7, 11) is 0. The molecule has 11 heteroatoms. The molecule has 3 atom stereocenters. The second kappa shape index (κ2) is 6.92. The molecule has 0 aromatic rings. The van der Waals surface area contributed by atoms with Crippen LogP contribution in [0.2, 0.25) is 0 Å². The number of carbonyl (C=O) groups is 4. The number of Topliss-reactive ketones (excluding diaryl/α,β-unsaturated/α-hetero) is 1. The average Bonchev–Trinajstić information content (AvgIpc) is 3.16. The molecular weight excluding hydrogens is 384 g/mol. The first kappa shape index (κ1) is 20.4. The van der Waals surface area contributed by atoms with E-state index in [0.29, 0.717) is 0 Å². The van der Waals surface area contributed by atoms with Gasteiger partial charge in [-0.1, -0.05) is 24.5 Å². The van der Waals surface area contributed by atoms with E-state index in [2.05, 4.69) is 0 Å². The van der Waals surface area contributed by atoms with Gasteiger partial charge in [0.1, 0.15) is 0 Å². The molecule has 2 amide bonds. The highest BCUT2D eigenvalue weighted by atomic mass is 16.4. The number of ketones is 1. The van der Waals surface area contributed by atoms with Gasteiger partial charge < -0.3 is 20.2 Å². The van der Waals surface area contributed by atoms with E-state index in [1.165, 1.54) is 28.4 Å². The highest BCUT2D eigenvalue weighted by Crippen LogP contribution is 2.53. The molecule has 4 rings (SSSR count). The molecule has 0 radical (unpaired) electrons. The Labute approximate surface area is 166 Å². The van der Waals surface area contributed by atoms with Gasteiger partial charge in [0.25, 0.3) is 0 Å². The summed E-state index contributed by atoms with van der Waals surface area (Å²) in [6, 6.07) is 0. The first-order valence-electron chi connectivity index (χ1n) is 9.23. The van der Waals surface area contributed by atoms with Crippen molar-refractivity contribution in [2.75, 3.05) is 6.54 Å². The van der Waals surface area contributed by atoms with Crippen molar-refractivity contribution in [2.24, 2.45) is 0 Å². The minimum Gasteiger partial charge on any atom is -0.481 e. The molecule has 3 N–H and O–H groups in total. The maximum atomic E-state index is 13.2. The van der Waals surface area contributed by atoms with Gasteiger partial charge in [0.2, 0.25) is 17.6 Å². The monoisotopic (exact) mass is 407 g/mol. The minimum absolute atomic E-state index is 0.0367. The van der Waals surface area contributed by atoms with Crippen LogP contribution in [0, 0.1) is 0 Å². The van der Waals surface area contributed by atoms with E-state index in [0.717, 1.165) is 4.90 Å². The predicted molar refractivity (Wildman–Crippen MR) is 97.4 cm³/mol. The van der Waals surface area contributed by atoms with Crippen molar-refractivity contribution >= 4 is 23.9 Å². The van der Waals surface area contributed by atoms with E-state index in [1.807, 2.05) is 0 Å². The third-order valence-corrected chi connectivity index (χ3v) is 5.50. The Bertz CT molecular complexity index is 866. The fraction of sp³-hybridized carbons (Fsp3) is 0.444. The van der Waals surface area contributed by atoms with Gasteiger partial charge in [0.15, 0.2) is 12.0 Å². The van der Waals surface area contributed by atoms with Crippen LogP contribution in [0.3, 0.4) is 0 Å². The number of hydrogen-bond acceptors (Lipinski definition) is 6. The number of amides is 2. The zero-order chi connectivity index (χ0) is 21.6. The maximum absolute atomic E-state index is 13.2. The van der Waals surface area contributed by atoms with Crippen LogP contribution in [0.5, 0.6) is 0 Å². The van der Waals surface area contributed by atoms with Crippen LogP contribution >= 0.6 is 0 Å². The van der Waals surface area contributed by atoms with Gasteiger partial charge in [-0.25, -0.2) is 4.79 Å². The van der Waals surface area contributed by atoms with Crippen LogP contribution in [0.1, 0.15) is 33.1 Å². The summed E-state index contributed by atoms with van der Waals surface area (Å²) in [6.45, 7) is 3.23. The van der Waals surface area contributed by atoms with Crippen molar-refractivity contribution in [3.8, 4) is 0 Å². The molecule has 2 bridgehead atoms. The third kappa shape index (κ3) is 2.54. The van der Waals surface area contributed by atoms with E-state index in [4.69, 9.17) is 5.11 Å². The molecule has 4 aliphatic heterocycles. The summed E-state index contributed by atoms with van der Waals surface area (Å²) in [5, 5.41) is 30.2. The van der Waals surface area contributed by atoms with Crippen LogP contribution in [-0.4, -0.2) is 77.0 Å². The van der Waals surface area contributed by atoms with Crippen LogP contribution < -0.4 is 0 Å². The molecule has 0 saturated carbocycles. The molecule has 0 spiro atoms. The third-order valence-electron chi connectivity index (χ3n) is 5.50. The number of quaternary nitrogens is 1. The topological polar surface area (TPSA) is 139 Å². The molecule has 3 unspecified atom stereocenters. The molecule has 156 valence electrons. The number of allylic oxidation sites excluding steroid dienone is 2. The zero-order valence-corrected chi connectivity index (χ0v) is 16.1. The Balaban J connectivity index is 2.18. The lowest BCUT2D eigenvalue weighted by Crippen LogP contribution is -2.76. The second-order valence-electron chi connectivity index (χ2n) is 6.90. The molecule has 0 aromatic heterocycles. The number of nitrogens with zero attached hydrogens (tertiary/aromatic N) is 4. The number of hydrogen-bond donors (Lipinski definition) is 3. The Hall–Kier alpha value is -3.34. The van der Waals surface area contributed by atoms with Gasteiger partial charge in [-0.05, 0) is 12.2 Å². The number of carboxylic acids is 1. The van der Waals surface area contributed by atoms with Crippen molar-refractivity contribution < 1.29 is 39.1 Å². The first-order valence-corrected chi connectivity index (χ1v) is 9.23. The zero-order valence-electron chi connectivity index (χ0n) is 16.1. The van der Waals surface area contributed by atoms with Crippen LogP contribution in [0.25, 0.3) is 0 Å². The van der Waals surface area contributed by atoms with Crippen molar-refractivity contribution in [3.63, 3.8) is 0 Å². The smallest absolute Gasteiger partial charge is 0.481 e. The van der Waals surface area contributed by atoms with E-state index < -0.39 is 34.6 Å². The predicted octanol–water partition coefficient (Wildman–Crippen LogP) is 1.78. The standard InChI is InChI=1S/C18H22N4O7/c1-3-12(23)18(8-5-6-9-19(18)10-7-15(24)25)21-13-11-22(21,17(28)29)14(4-2)20(13)16(26)27/h5-6,8-9,11,14H,3-4,7,10H2,1-2H3,(H2-,24,25,26,27,28,29)/p+1. The van der Waals surface area contributed by atoms with Crippen molar-refractivity contribution in [1.29, 1.82) is 0 Å². The minimum atomic E-state index is -1.65. The summed E-state index contributed by atoms with van der Waals surface area (Å²) >= 11 is 0. The van der Waals surface area contributed by atoms with E-state index >= 15 is 0 Å². The molecule has 4 heterocycles. The quantitative estimate of drug-likeness (QED) is 0.539. The molecule has 1 saturated heterocycles.